The summed E-state index contributed by atoms with van der Waals surface area (Å²) in [5.74, 6) is 0. The molecule has 0 atom stereocenters. The Balaban J connectivity index is 0. The van der Waals surface area contributed by atoms with Crippen molar-refractivity contribution in [3.05, 3.63) is 0 Å². The molecule has 19 heavy (non-hydrogen) atoms. The zero-order chi connectivity index (χ0) is 16.3. The van der Waals surface area contributed by atoms with E-state index in [1.807, 2.05) is 0 Å². The molecule has 0 aromatic carbocycles. The van der Waals surface area contributed by atoms with E-state index in [4.69, 9.17) is 18.2 Å². The fourth-order valence-electron chi connectivity index (χ4n) is 0.242. The summed E-state index contributed by atoms with van der Waals surface area (Å²) in [7, 11) is -20.9. The molecule has 0 spiro atoms. The van der Waals surface area contributed by atoms with Gasteiger partial charge in [-0.1, -0.05) is 0 Å². The molecule has 0 bridgehead atoms. The highest BCUT2D eigenvalue weighted by Gasteiger charge is 2.31. The standard InChI is InChI=1S/CH2O7S2.H2O7S2/c2-1(9(3,4)5)10(6,7)8;1-8(2,3)7-9(4,5)6/h(H,3,4,5)(H,6,7,8);(H,1,2,3)(H,4,5,6). The summed E-state index contributed by atoms with van der Waals surface area (Å²) in [5.41, 5.74) is 0. The summed E-state index contributed by atoms with van der Waals surface area (Å²) < 4.78 is 107. The van der Waals surface area contributed by atoms with Crippen LogP contribution in [0.1, 0.15) is 0 Å². The summed E-state index contributed by atoms with van der Waals surface area (Å²) in [6, 6.07) is 0. The van der Waals surface area contributed by atoms with Gasteiger partial charge in [0.15, 0.2) is 0 Å². The van der Waals surface area contributed by atoms with Crippen LogP contribution in [0.3, 0.4) is 0 Å². The first kappa shape index (κ1) is 20.6. The maximum atomic E-state index is 9.81. The van der Waals surface area contributed by atoms with Gasteiger partial charge in [-0.3, -0.25) is 23.0 Å². The third-order valence-corrected chi connectivity index (χ3v) is 4.08. The van der Waals surface area contributed by atoms with E-state index in [1.54, 1.807) is 0 Å². The average molecular weight is 368 g/mol. The molecule has 0 aliphatic heterocycles. The van der Waals surface area contributed by atoms with E-state index in [1.165, 1.54) is 0 Å². The Morgan fingerprint density at radius 2 is 0.842 bits per heavy atom. The third kappa shape index (κ3) is 13.5. The highest BCUT2D eigenvalue weighted by Crippen LogP contribution is 1.95. The van der Waals surface area contributed by atoms with Crippen molar-refractivity contribution in [1.29, 1.82) is 0 Å². The summed E-state index contributed by atoms with van der Waals surface area (Å²) in [4.78, 5) is 9.81. The second kappa shape index (κ2) is 6.15. The van der Waals surface area contributed by atoms with Gasteiger partial charge < -0.3 is 0 Å². The topological polar surface area (TPSA) is 244 Å². The number of hydrogen-bond donors (Lipinski definition) is 4. The SMILES string of the molecule is O=C(S(=O)(=O)O)S(=O)(=O)O.O=S(=O)(O)OS(=O)(=O)O. The Labute approximate surface area is 106 Å². The van der Waals surface area contributed by atoms with Crippen LogP contribution in [-0.4, -0.2) is 56.3 Å². The number of hydrogen-bond acceptors (Lipinski definition) is 10. The molecule has 0 aromatic rings. The van der Waals surface area contributed by atoms with Crippen LogP contribution in [-0.2, 0) is 44.7 Å². The molecule has 0 fully saturated rings. The van der Waals surface area contributed by atoms with Gasteiger partial charge in [-0.05, 0) is 0 Å². The van der Waals surface area contributed by atoms with Gasteiger partial charge in [-0.15, -0.1) is 3.63 Å². The zero-order valence-corrected chi connectivity index (χ0v) is 11.3. The predicted octanol–water partition coefficient (Wildman–Crippen LogP) is -2.51. The minimum atomic E-state index is -5.34. The molecule has 0 amide bonds. The average Bonchev–Trinajstić information content (AvgIpc) is 1.92. The van der Waals surface area contributed by atoms with Crippen molar-refractivity contribution < 1.29 is 60.3 Å². The molecule has 116 valence electrons. The first-order valence-corrected chi connectivity index (χ1v) is 8.62. The van der Waals surface area contributed by atoms with E-state index in [0.717, 1.165) is 0 Å². The lowest BCUT2D eigenvalue weighted by Gasteiger charge is -1.89. The monoisotopic (exact) mass is 368 g/mol. The molecule has 0 radical (unpaired) electrons. The largest absolute Gasteiger partial charge is 0.413 e. The van der Waals surface area contributed by atoms with Crippen molar-refractivity contribution in [2.45, 2.75) is 0 Å². The van der Waals surface area contributed by atoms with E-state index >= 15 is 0 Å². The van der Waals surface area contributed by atoms with E-state index in [2.05, 4.69) is 3.63 Å². The highest BCUT2D eigenvalue weighted by atomic mass is 32.3. The molecule has 0 rings (SSSR count). The quantitative estimate of drug-likeness (QED) is 0.368. The maximum Gasteiger partial charge on any atom is 0.413 e. The van der Waals surface area contributed by atoms with Crippen molar-refractivity contribution in [3.63, 3.8) is 0 Å². The Hall–Kier alpha value is -0.730. The summed E-state index contributed by atoms with van der Waals surface area (Å²) in [6.07, 6.45) is 0. The van der Waals surface area contributed by atoms with Crippen molar-refractivity contribution >= 4 is 45.5 Å². The van der Waals surface area contributed by atoms with Gasteiger partial charge in [0.05, 0.1) is 0 Å². The molecule has 18 heteroatoms. The third-order valence-electron chi connectivity index (χ3n) is 0.593. The maximum absolute atomic E-state index is 9.81. The van der Waals surface area contributed by atoms with Crippen LogP contribution in [0, 0.1) is 0 Å². The Morgan fingerprint density at radius 1 is 0.632 bits per heavy atom. The van der Waals surface area contributed by atoms with Gasteiger partial charge in [-0.2, -0.15) is 33.7 Å². The van der Waals surface area contributed by atoms with Crippen LogP contribution >= 0.6 is 0 Å². The molecule has 0 saturated heterocycles. The highest BCUT2D eigenvalue weighted by molar-refractivity contribution is 8.26. The molecule has 0 aromatic heterocycles. The first-order valence-electron chi connectivity index (χ1n) is 3.01. The molecule has 0 saturated carbocycles. The van der Waals surface area contributed by atoms with Crippen LogP contribution in [0.15, 0.2) is 0 Å². The molecule has 14 nitrogen and oxygen atoms in total. The van der Waals surface area contributed by atoms with Gasteiger partial charge in [0.1, 0.15) is 0 Å². The molecule has 4 N–H and O–H groups in total. The lowest BCUT2D eigenvalue weighted by Crippen LogP contribution is -2.20. The van der Waals surface area contributed by atoms with Crippen molar-refractivity contribution in [1.82, 2.24) is 0 Å². The van der Waals surface area contributed by atoms with E-state index in [9.17, 15) is 38.5 Å². The van der Waals surface area contributed by atoms with Crippen LogP contribution in [0.25, 0.3) is 0 Å². The number of carbonyl (C=O) groups excluding carboxylic acids is 1. The van der Waals surface area contributed by atoms with Gasteiger partial charge in [0, 0.05) is 0 Å². The van der Waals surface area contributed by atoms with Gasteiger partial charge in [0.25, 0.3) is 0 Å². The van der Waals surface area contributed by atoms with Crippen LogP contribution in [0.5, 0.6) is 0 Å². The fourth-order valence-corrected chi connectivity index (χ4v) is 2.18. The Morgan fingerprint density at radius 3 is 0.842 bits per heavy atom. The van der Waals surface area contributed by atoms with Gasteiger partial charge in [0.2, 0.25) is 0 Å². The fraction of sp³-hybridized carbons (Fsp3) is 0. The van der Waals surface area contributed by atoms with E-state index in [0.29, 0.717) is 0 Å². The van der Waals surface area contributed by atoms with Crippen LogP contribution in [0.2, 0.25) is 0 Å². The van der Waals surface area contributed by atoms with Crippen molar-refractivity contribution in [3.8, 4) is 0 Å². The predicted molar refractivity (Wildman–Crippen MR) is 52.7 cm³/mol. The van der Waals surface area contributed by atoms with Gasteiger partial charge >= 0.3 is 45.5 Å². The summed E-state index contributed by atoms with van der Waals surface area (Å²) in [6.45, 7) is 0. The minimum Gasteiger partial charge on any atom is -0.279 e. The van der Waals surface area contributed by atoms with Crippen molar-refractivity contribution in [2.24, 2.45) is 0 Å². The smallest absolute Gasteiger partial charge is 0.279 e. The van der Waals surface area contributed by atoms with E-state index in [-0.39, 0.29) is 0 Å². The van der Waals surface area contributed by atoms with Crippen LogP contribution in [0.4, 0.5) is 4.79 Å². The number of rotatable bonds is 2. The van der Waals surface area contributed by atoms with Crippen molar-refractivity contribution in [2.75, 3.05) is 0 Å². The second-order valence-corrected chi connectivity index (χ2v) is 7.28. The minimum absolute atomic E-state index is 2.62. The summed E-state index contributed by atoms with van der Waals surface area (Å²) >= 11 is 0. The molecular formula is CH4O14S4. The zero-order valence-electron chi connectivity index (χ0n) is 8.00. The summed E-state index contributed by atoms with van der Waals surface area (Å²) in [5, 5.41) is 0. The lowest BCUT2D eigenvalue weighted by molar-refractivity contribution is 0.268. The molecule has 0 heterocycles. The molecule has 0 unspecified atom stereocenters. The first-order chi connectivity index (χ1) is 7.86. The van der Waals surface area contributed by atoms with Crippen LogP contribution < -0.4 is 0 Å². The van der Waals surface area contributed by atoms with Gasteiger partial charge in [-0.25, -0.2) is 0 Å². The Kier molecular flexibility index (Phi) is 6.66. The molecule has 0 aliphatic rings. The Bertz CT molecular complexity index is 660. The number of carbonyl (C=O) groups is 1. The van der Waals surface area contributed by atoms with E-state index < -0.39 is 45.5 Å². The molecular weight excluding hydrogens is 364 g/mol. The normalized spacial score (nSPS) is 13.3. The molecule has 0 aliphatic carbocycles. The second-order valence-electron chi connectivity index (χ2n) is 2.12. The lowest BCUT2D eigenvalue weighted by atomic mass is 11.8.